The number of hydrogen-bond donors (Lipinski definition) is 1. The van der Waals surface area contributed by atoms with E-state index in [0.29, 0.717) is 25.2 Å². The van der Waals surface area contributed by atoms with Gasteiger partial charge in [0.1, 0.15) is 0 Å². The Morgan fingerprint density at radius 1 is 1.40 bits per heavy atom. The highest BCUT2D eigenvalue weighted by Gasteiger charge is 2.33. The summed E-state index contributed by atoms with van der Waals surface area (Å²) < 4.78 is 38.6. The van der Waals surface area contributed by atoms with E-state index in [2.05, 4.69) is 5.32 Å². The van der Waals surface area contributed by atoms with Crippen molar-refractivity contribution < 1.29 is 22.8 Å². The number of amides is 2. The molecular weight excluding hydrogens is 335 g/mol. The third-order valence-electron chi connectivity index (χ3n) is 4.35. The maximum Gasteiger partial charge on any atom is 0.416 e. The van der Waals surface area contributed by atoms with E-state index in [9.17, 15) is 22.8 Å². The molecule has 1 aliphatic heterocycles. The first-order valence-electron chi connectivity index (χ1n) is 8.14. The Balaban J connectivity index is 2.15. The Morgan fingerprint density at radius 3 is 2.76 bits per heavy atom. The van der Waals surface area contributed by atoms with Crippen molar-refractivity contribution in [2.75, 3.05) is 26.7 Å². The summed E-state index contributed by atoms with van der Waals surface area (Å²) in [6.07, 6.45) is -4.40. The minimum atomic E-state index is -4.41. The van der Waals surface area contributed by atoms with Crippen LogP contribution >= 0.6 is 0 Å². The molecule has 1 atom stereocenters. The van der Waals surface area contributed by atoms with E-state index in [-0.39, 0.29) is 24.8 Å². The minimum Gasteiger partial charge on any atom is -0.353 e. The van der Waals surface area contributed by atoms with E-state index in [1.54, 1.807) is 18.0 Å². The van der Waals surface area contributed by atoms with Gasteiger partial charge in [0.05, 0.1) is 18.0 Å². The number of carbonyl (C=O) groups excluding carboxylic acids is 2. The van der Waals surface area contributed by atoms with Crippen LogP contribution in [0.5, 0.6) is 0 Å². The van der Waals surface area contributed by atoms with Crippen LogP contribution in [-0.2, 0) is 22.3 Å². The summed E-state index contributed by atoms with van der Waals surface area (Å²) in [5, 5.41) is 2.71. The third kappa shape index (κ3) is 4.94. The van der Waals surface area contributed by atoms with Crippen molar-refractivity contribution in [1.29, 1.82) is 0 Å². The van der Waals surface area contributed by atoms with Crippen molar-refractivity contribution in [3.05, 3.63) is 35.4 Å². The third-order valence-corrected chi connectivity index (χ3v) is 4.35. The summed E-state index contributed by atoms with van der Waals surface area (Å²) in [7, 11) is 1.65. The van der Waals surface area contributed by atoms with Crippen LogP contribution in [0.3, 0.4) is 0 Å². The largest absolute Gasteiger partial charge is 0.416 e. The zero-order valence-corrected chi connectivity index (χ0v) is 14.3. The highest BCUT2D eigenvalue weighted by Crippen LogP contribution is 2.30. The van der Waals surface area contributed by atoms with Gasteiger partial charge in [-0.25, -0.2) is 0 Å². The number of rotatable bonds is 5. The average molecular weight is 357 g/mol. The van der Waals surface area contributed by atoms with Crippen LogP contribution in [0.25, 0.3) is 0 Å². The van der Waals surface area contributed by atoms with E-state index >= 15 is 0 Å². The molecule has 0 aromatic heterocycles. The fraction of sp³-hybridized carbons (Fsp3) is 0.529. The predicted molar refractivity (Wildman–Crippen MR) is 86.6 cm³/mol. The van der Waals surface area contributed by atoms with Gasteiger partial charge in [0, 0.05) is 33.2 Å². The molecule has 1 fully saturated rings. The SMILES string of the molecule is CCN(C)C(=O)CC1C(=O)NCCN1Cc1cccc(C(F)(F)F)c1. The molecule has 1 aromatic rings. The summed E-state index contributed by atoms with van der Waals surface area (Å²) >= 11 is 0. The molecular formula is C17H22F3N3O2. The van der Waals surface area contributed by atoms with Gasteiger partial charge in [-0.15, -0.1) is 0 Å². The van der Waals surface area contributed by atoms with Gasteiger partial charge in [-0.2, -0.15) is 13.2 Å². The van der Waals surface area contributed by atoms with E-state index in [1.165, 1.54) is 11.0 Å². The number of nitrogens with zero attached hydrogens (tertiary/aromatic N) is 2. The minimum absolute atomic E-state index is 0.00906. The van der Waals surface area contributed by atoms with Gasteiger partial charge in [-0.3, -0.25) is 14.5 Å². The van der Waals surface area contributed by atoms with Gasteiger partial charge in [0.2, 0.25) is 11.8 Å². The molecule has 1 unspecified atom stereocenters. The van der Waals surface area contributed by atoms with Gasteiger partial charge in [0.15, 0.2) is 0 Å². The number of piperazine rings is 1. The summed E-state index contributed by atoms with van der Waals surface area (Å²) in [5.41, 5.74) is -0.254. The molecule has 0 aliphatic carbocycles. The van der Waals surface area contributed by atoms with Crippen LogP contribution in [-0.4, -0.2) is 54.3 Å². The molecule has 1 saturated heterocycles. The second kappa shape index (κ2) is 7.86. The monoisotopic (exact) mass is 357 g/mol. The normalized spacial score (nSPS) is 18.8. The Bertz CT molecular complexity index is 634. The fourth-order valence-electron chi connectivity index (χ4n) is 2.75. The van der Waals surface area contributed by atoms with E-state index in [1.807, 2.05) is 6.92 Å². The van der Waals surface area contributed by atoms with Crippen LogP contribution in [0.1, 0.15) is 24.5 Å². The second-order valence-corrected chi connectivity index (χ2v) is 6.09. The van der Waals surface area contributed by atoms with Crippen LogP contribution in [0, 0.1) is 0 Å². The first kappa shape index (κ1) is 19.2. The Labute approximate surface area is 144 Å². The lowest BCUT2D eigenvalue weighted by Crippen LogP contribution is -2.56. The number of alkyl halides is 3. The van der Waals surface area contributed by atoms with Gasteiger partial charge in [0.25, 0.3) is 0 Å². The average Bonchev–Trinajstić information content (AvgIpc) is 2.56. The first-order valence-corrected chi connectivity index (χ1v) is 8.14. The van der Waals surface area contributed by atoms with Gasteiger partial charge in [-0.05, 0) is 18.6 Å². The molecule has 5 nitrogen and oxygen atoms in total. The smallest absolute Gasteiger partial charge is 0.353 e. The van der Waals surface area contributed by atoms with Crippen molar-refractivity contribution in [1.82, 2.24) is 15.1 Å². The first-order chi connectivity index (χ1) is 11.7. The fourth-order valence-corrected chi connectivity index (χ4v) is 2.75. The topological polar surface area (TPSA) is 52.7 Å². The molecule has 2 amide bonds. The summed E-state index contributed by atoms with van der Waals surface area (Å²) in [4.78, 5) is 27.6. The Hall–Kier alpha value is -2.09. The molecule has 25 heavy (non-hydrogen) atoms. The molecule has 0 radical (unpaired) electrons. The number of benzene rings is 1. The standard InChI is InChI=1S/C17H22F3N3O2/c1-3-22(2)15(24)10-14-16(25)21-7-8-23(14)11-12-5-4-6-13(9-12)17(18,19)20/h4-6,9,14H,3,7-8,10-11H2,1-2H3,(H,21,25). The molecule has 138 valence electrons. The number of halogens is 3. The molecule has 0 spiro atoms. The predicted octanol–water partition coefficient (Wildman–Crippen LogP) is 1.87. The molecule has 0 saturated carbocycles. The summed E-state index contributed by atoms with van der Waals surface area (Å²) in [6, 6.07) is 4.38. The molecule has 8 heteroatoms. The van der Waals surface area contributed by atoms with Crippen molar-refractivity contribution in [3.8, 4) is 0 Å². The lowest BCUT2D eigenvalue weighted by atomic mass is 10.0. The van der Waals surface area contributed by atoms with E-state index < -0.39 is 17.8 Å². The number of hydrogen-bond acceptors (Lipinski definition) is 3. The quantitative estimate of drug-likeness (QED) is 0.875. The molecule has 0 bridgehead atoms. The van der Waals surface area contributed by atoms with E-state index in [4.69, 9.17) is 0 Å². The highest BCUT2D eigenvalue weighted by atomic mass is 19.4. The summed E-state index contributed by atoms with van der Waals surface area (Å²) in [6.45, 7) is 3.44. The van der Waals surface area contributed by atoms with Gasteiger partial charge >= 0.3 is 6.18 Å². The Kier molecular flexibility index (Phi) is 6.05. The molecule has 2 rings (SSSR count). The molecule has 1 N–H and O–H groups in total. The van der Waals surface area contributed by atoms with Crippen molar-refractivity contribution in [2.45, 2.75) is 32.1 Å². The lowest BCUT2D eigenvalue weighted by Gasteiger charge is -2.35. The highest BCUT2D eigenvalue weighted by molar-refractivity contribution is 5.88. The van der Waals surface area contributed by atoms with Crippen molar-refractivity contribution >= 4 is 11.8 Å². The molecule has 1 aliphatic rings. The molecule has 1 heterocycles. The summed E-state index contributed by atoms with van der Waals surface area (Å²) in [5.74, 6) is -0.435. The van der Waals surface area contributed by atoms with Crippen LogP contribution in [0.4, 0.5) is 13.2 Å². The van der Waals surface area contributed by atoms with Gasteiger partial charge < -0.3 is 10.2 Å². The van der Waals surface area contributed by atoms with Crippen molar-refractivity contribution in [2.24, 2.45) is 0 Å². The zero-order valence-electron chi connectivity index (χ0n) is 14.3. The maximum absolute atomic E-state index is 12.9. The van der Waals surface area contributed by atoms with Crippen LogP contribution < -0.4 is 5.32 Å². The molecule has 1 aromatic carbocycles. The van der Waals surface area contributed by atoms with Crippen LogP contribution in [0.2, 0.25) is 0 Å². The van der Waals surface area contributed by atoms with E-state index in [0.717, 1.165) is 12.1 Å². The Morgan fingerprint density at radius 2 is 2.12 bits per heavy atom. The van der Waals surface area contributed by atoms with Crippen molar-refractivity contribution in [3.63, 3.8) is 0 Å². The van der Waals surface area contributed by atoms with Gasteiger partial charge in [-0.1, -0.05) is 18.2 Å². The zero-order chi connectivity index (χ0) is 18.6. The lowest BCUT2D eigenvalue weighted by molar-refractivity contribution is -0.138. The maximum atomic E-state index is 12.9. The second-order valence-electron chi connectivity index (χ2n) is 6.09. The number of carbonyl (C=O) groups is 2. The van der Waals surface area contributed by atoms with Crippen LogP contribution in [0.15, 0.2) is 24.3 Å². The number of nitrogens with one attached hydrogen (secondary N) is 1.